The summed E-state index contributed by atoms with van der Waals surface area (Å²) in [5, 5.41) is 0. The summed E-state index contributed by atoms with van der Waals surface area (Å²) in [6.45, 7) is 6.09. The van der Waals surface area contributed by atoms with E-state index in [0.717, 1.165) is 43.4 Å². The van der Waals surface area contributed by atoms with Crippen molar-refractivity contribution in [2.24, 2.45) is 0 Å². The maximum Gasteiger partial charge on any atom is 0.266 e. The number of benzene rings is 1. The van der Waals surface area contributed by atoms with Crippen LogP contribution in [0.5, 0.6) is 11.5 Å². The molecule has 0 spiro atoms. The van der Waals surface area contributed by atoms with Gasteiger partial charge in [-0.3, -0.25) is 9.69 Å². The third-order valence-corrected chi connectivity index (χ3v) is 6.39. The first-order valence-corrected chi connectivity index (χ1v) is 11.2. The van der Waals surface area contributed by atoms with Crippen LogP contribution in [0.3, 0.4) is 0 Å². The molecule has 3 aliphatic rings. The standard InChI is InChI=1S/C13H11NO3S2.C9H12N2O/c1-2-11-12(15)14(13(18)19-11)6-8-3-4-9-10(5-8)17-7-16-9;1-2-4-10-9(3-1)11-5-7-12-8-6-11/h2-5H,6-7H2,1H3;1-4H,5-8H2/b11-2-;. The number of amides is 1. The predicted octanol–water partition coefficient (Wildman–Crippen LogP) is 3.60. The zero-order valence-electron chi connectivity index (χ0n) is 17.2. The van der Waals surface area contributed by atoms with Crippen LogP contribution in [-0.2, 0) is 16.1 Å². The van der Waals surface area contributed by atoms with E-state index in [9.17, 15) is 4.79 Å². The van der Waals surface area contributed by atoms with Crippen molar-refractivity contribution in [1.29, 1.82) is 0 Å². The highest BCUT2D eigenvalue weighted by Crippen LogP contribution is 2.35. The average Bonchev–Trinajstić information content (AvgIpc) is 3.40. The van der Waals surface area contributed by atoms with Crippen molar-refractivity contribution < 1.29 is 19.0 Å². The number of thioether (sulfide) groups is 1. The molecule has 2 saturated heterocycles. The first-order chi connectivity index (χ1) is 15.2. The van der Waals surface area contributed by atoms with Crippen molar-refractivity contribution in [2.75, 3.05) is 38.0 Å². The topological polar surface area (TPSA) is 64.1 Å². The van der Waals surface area contributed by atoms with Gasteiger partial charge >= 0.3 is 0 Å². The molecule has 0 radical (unpaired) electrons. The number of hydrogen-bond acceptors (Lipinski definition) is 8. The van der Waals surface area contributed by atoms with E-state index in [2.05, 4.69) is 9.88 Å². The average molecular weight is 458 g/mol. The number of hydrogen-bond donors (Lipinski definition) is 0. The largest absolute Gasteiger partial charge is 0.454 e. The van der Waals surface area contributed by atoms with E-state index in [4.69, 9.17) is 26.4 Å². The van der Waals surface area contributed by atoms with Crippen LogP contribution < -0.4 is 14.4 Å². The van der Waals surface area contributed by atoms with E-state index < -0.39 is 0 Å². The lowest BCUT2D eigenvalue weighted by Crippen LogP contribution is -2.36. The number of carbonyl (C=O) groups is 1. The Labute approximate surface area is 191 Å². The second kappa shape index (κ2) is 10.1. The number of fused-ring (bicyclic) bond motifs is 1. The van der Waals surface area contributed by atoms with E-state index >= 15 is 0 Å². The number of pyridine rings is 1. The molecule has 0 saturated carbocycles. The SMILES string of the molecule is C/C=C1\SC(=S)N(Cc2ccc3c(c2)OCO3)C1=O.c1ccc(N2CCOCC2)nc1. The monoisotopic (exact) mass is 457 g/mol. The van der Waals surface area contributed by atoms with Gasteiger partial charge in [0.05, 0.1) is 24.7 Å². The van der Waals surface area contributed by atoms with Gasteiger partial charge in [0.25, 0.3) is 5.91 Å². The van der Waals surface area contributed by atoms with Crippen molar-refractivity contribution in [2.45, 2.75) is 13.5 Å². The van der Waals surface area contributed by atoms with Crippen LogP contribution in [-0.4, -0.2) is 53.2 Å². The van der Waals surface area contributed by atoms with Crippen molar-refractivity contribution in [3.05, 3.63) is 59.1 Å². The van der Waals surface area contributed by atoms with Crippen LogP contribution in [0.15, 0.2) is 53.6 Å². The summed E-state index contributed by atoms with van der Waals surface area (Å²) in [6.07, 6.45) is 3.61. The lowest BCUT2D eigenvalue weighted by molar-refractivity contribution is -0.122. The minimum absolute atomic E-state index is 0.0323. The van der Waals surface area contributed by atoms with Gasteiger partial charge in [-0.1, -0.05) is 42.2 Å². The number of aromatic nitrogens is 1. The fourth-order valence-corrected chi connectivity index (χ4v) is 4.46. The number of anilines is 1. The van der Waals surface area contributed by atoms with Crippen molar-refractivity contribution >= 4 is 40.0 Å². The molecule has 4 heterocycles. The van der Waals surface area contributed by atoms with E-state index in [1.54, 1.807) is 11.0 Å². The van der Waals surface area contributed by atoms with E-state index in [1.165, 1.54) is 11.8 Å². The molecule has 2 aromatic rings. The highest BCUT2D eigenvalue weighted by molar-refractivity contribution is 8.26. The highest BCUT2D eigenvalue weighted by Gasteiger charge is 2.31. The van der Waals surface area contributed by atoms with Crippen LogP contribution in [0, 0.1) is 0 Å². The van der Waals surface area contributed by atoms with E-state index in [0.29, 0.717) is 21.5 Å². The third-order valence-electron chi connectivity index (χ3n) is 4.90. The molecule has 0 atom stereocenters. The number of rotatable bonds is 3. The van der Waals surface area contributed by atoms with Crippen LogP contribution in [0.4, 0.5) is 5.82 Å². The van der Waals surface area contributed by atoms with Gasteiger partial charge < -0.3 is 19.1 Å². The molecule has 1 amide bonds. The van der Waals surface area contributed by atoms with E-state index in [-0.39, 0.29) is 12.7 Å². The molecule has 5 rings (SSSR count). The maximum atomic E-state index is 12.1. The summed E-state index contributed by atoms with van der Waals surface area (Å²) >= 11 is 6.57. The highest BCUT2D eigenvalue weighted by atomic mass is 32.2. The molecule has 9 heteroatoms. The predicted molar refractivity (Wildman–Crippen MR) is 124 cm³/mol. The number of morpholine rings is 1. The number of thiocarbonyl (C=S) groups is 1. The minimum atomic E-state index is -0.0323. The van der Waals surface area contributed by atoms with Crippen LogP contribution in [0.25, 0.3) is 0 Å². The smallest absolute Gasteiger partial charge is 0.266 e. The summed E-state index contributed by atoms with van der Waals surface area (Å²) < 4.78 is 16.4. The molecule has 0 aliphatic carbocycles. The third kappa shape index (κ3) is 5.17. The Morgan fingerprint density at radius 1 is 1.16 bits per heavy atom. The Morgan fingerprint density at radius 2 is 1.97 bits per heavy atom. The molecular formula is C22H23N3O4S2. The zero-order valence-corrected chi connectivity index (χ0v) is 18.8. The lowest BCUT2D eigenvalue weighted by atomic mass is 10.2. The van der Waals surface area contributed by atoms with Crippen LogP contribution >= 0.6 is 24.0 Å². The fraction of sp³-hybridized carbons (Fsp3) is 0.318. The van der Waals surface area contributed by atoms with Gasteiger partial charge in [0.15, 0.2) is 11.5 Å². The summed E-state index contributed by atoms with van der Waals surface area (Å²) in [5.74, 6) is 2.48. The number of carbonyl (C=O) groups excluding carboxylic acids is 1. The normalized spacial score (nSPS) is 18.9. The van der Waals surface area contributed by atoms with Crippen molar-refractivity contribution in [3.63, 3.8) is 0 Å². The number of nitrogens with zero attached hydrogens (tertiary/aromatic N) is 3. The zero-order chi connectivity index (χ0) is 21.6. The maximum absolute atomic E-state index is 12.1. The Kier molecular flexibility index (Phi) is 7.06. The molecule has 3 aliphatic heterocycles. The van der Waals surface area contributed by atoms with Crippen LogP contribution in [0.1, 0.15) is 12.5 Å². The number of ether oxygens (including phenoxy) is 3. The second-order valence-corrected chi connectivity index (χ2v) is 8.56. The Balaban J connectivity index is 0.000000166. The Bertz CT molecular complexity index is 978. The molecule has 0 bridgehead atoms. The molecule has 0 unspecified atom stereocenters. The van der Waals surface area contributed by atoms with Gasteiger partial charge in [0.2, 0.25) is 6.79 Å². The Hall–Kier alpha value is -2.62. The van der Waals surface area contributed by atoms with Crippen molar-refractivity contribution in [1.82, 2.24) is 9.88 Å². The van der Waals surface area contributed by atoms with Crippen LogP contribution in [0.2, 0.25) is 0 Å². The molecule has 162 valence electrons. The van der Waals surface area contributed by atoms with Crippen molar-refractivity contribution in [3.8, 4) is 11.5 Å². The first-order valence-electron chi connectivity index (χ1n) is 9.98. The lowest BCUT2D eigenvalue weighted by Gasteiger charge is -2.27. The van der Waals surface area contributed by atoms with Gasteiger partial charge in [-0.2, -0.15) is 0 Å². The van der Waals surface area contributed by atoms with Gasteiger partial charge in [-0.25, -0.2) is 4.98 Å². The summed E-state index contributed by atoms with van der Waals surface area (Å²) in [4.78, 5) is 20.9. The molecule has 7 nitrogen and oxygen atoms in total. The van der Waals surface area contributed by atoms with Gasteiger partial charge in [0, 0.05) is 19.3 Å². The summed E-state index contributed by atoms with van der Waals surface area (Å²) in [6, 6.07) is 11.6. The first kappa shape index (κ1) is 21.6. The molecule has 2 fully saturated rings. The molecule has 0 N–H and O–H groups in total. The van der Waals surface area contributed by atoms with Gasteiger partial charge in [0.1, 0.15) is 10.1 Å². The van der Waals surface area contributed by atoms with Gasteiger partial charge in [-0.15, -0.1) is 0 Å². The van der Waals surface area contributed by atoms with Gasteiger partial charge in [-0.05, 0) is 36.8 Å². The minimum Gasteiger partial charge on any atom is -0.454 e. The molecule has 1 aromatic heterocycles. The second-order valence-electron chi connectivity index (χ2n) is 6.89. The molecule has 1 aromatic carbocycles. The summed E-state index contributed by atoms with van der Waals surface area (Å²) in [5.41, 5.74) is 0.970. The fourth-order valence-electron chi connectivity index (χ4n) is 3.28. The number of allylic oxidation sites excluding steroid dienone is 1. The molecule has 31 heavy (non-hydrogen) atoms. The summed E-state index contributed by atoms with van der Waals surface area (Å²) in [7, 11) is 0. The molecular weight excluding hydrogens is 434 g/mol. The Morgan fingerprint density at radius 3 is 2.68 bits per heavy atom. The quantitative estimate of drug-likeness (QED) is 0.512. The van der Waals surface area contributed by atoms with E-state index in [1.807, 2.05) is 49.5 Å².